The number of pyridine rings is 3. The van der Waals surface area contributed by atoms with E-state index in [-0.39, 0.29) is 32.5 Å². The zero-order valence-electron chi connectivity index (χ0n) is 59.4. The monoisotopic (exact) mass is 1250 g/mol. The Labute approximate surface area is 555 Å². The minimum absolute atomic E-state index is 0.242. The molecule has 6 aromatic carbocycles. The third-order valence-electron chi connectivity index (χ3n) is 18.1. The van der Waals surface area contributed by atoms with Gasteiger partial charge in [0.2, 0.25) is 17.6 Å². The molecular weight excluding hydrogens is 1150 g/mol. The number of methoxy groups -OCH3 is 3. The highest BCUT2D eigenvalue weighted by Crippen LogP contribution is 2.47. The molecule has 10 rings (SSSR count). The van der Waals surface area contributed by atoms with Crippen molar-refractivity contribution >= 4 is 0 Å². The van der Waals surface area contributed by atoms with Crippen molar-refractivity contribution in [2.75, 3.05) is 21.3 Å². The Hall–Kier alpha value is -8.43. The summed E-state index contributed by atoms with van der Waals surface area (Å²) < 4.78 is 42.2. The number of nitrogens with zero attached hydrogens (tertiary/aromatic N) is 3. The Kier molecular flexibility index (Phi) is 19.0. The van der Waals surface area contributed by atoms with E-state index in [1.807, 2.05) is 75.9 Å². The van der Waals surface area contributed by atoms with E-state index in [0.717, 1.165) is 101 Å². The summed E-state index contributed by atoms with van der Waals surface area (Å²) in [4.78, 5) is 14.4. The smallest absolute Gasteiger partial charge is 0.219 e. The second-order valence-corrected chi connectivity index (χ2v) is 31.7. The van der Waals surface area contributed by atoms with Crippen LogP contribution in [0.5, 0.6) is 52.1 Å². The van der Waals surface area contributed by atoms with Crippen LogP contribution in [0.25, 0.3) is 0 Å². The van der Waals surface area contributed by atoms with Gasteiger partial charge in [-0.05, 0) is 151 Å². The number of benzene rings is 6. The van der Waals surface area contributed by atoms with Crippen molar-refractivity contribution in [2.24, 2.45) is 0 Å². The summed E-state index contributed by atoms with van der Waals surface area (Å²) in [5.41, 5.74) is 18.0. The van der Waals surface area contributed by atoms with Gasteiger partial charge in [-0.1, -0.05) is 216 Å². The molecule has 486 valence electrons. The summed E-state index contributed by atoms with van der Waals surface area (Å²) in [6, 6.07) is 45.7. The van der Waals surface area contributed by atoms with Crippen molar-refractivity contribution in [3.63, 3.8) is 0 Å². The summed E-state index contributed by atoms with van der Waals surface area (Å²) in [6.45, 7) is 41.2. The maximum absolute atomic E-state index is 7.26. The van der Waals surface area contributed by atoms with Crippen molar-refractivity contribution in [2.45, 2.75) is 196 Å². The molecule has 3 aromatic heterocycles. The Morgan fingerprint density at radius 3 is 0.527 bits per heavy atom. The molecule has 0 radical (unpaired) electrons. The normalized spacial score (nSPS) is 13.4. The molecule has 9 nitrogen and oxygen atoms in total. The molecule has 0 N–H and O–H groups in total. The van der Waals surface area contributed by atoms with E-state index in [9.17, 15) is 0 Å². The van der Waals surface area contributed by atoms with Crippen LogP contribution in [0.4, 0.5) is 0 Å². The topological polar surface area (TPSA) is 94.1 Å². The Morgan fingerprint density at radius 2 is 0.398 bits per heavy atom. The van der Waals surface area contributed by atoms with E-state index in [0.29, 0.717) is 56.2 Å². The van der Waals surface area contributed by atoms with Gasteiger partial charge >= 0.3 is 0 Å². The van der Waals surface area contributed by atoms with E-state index < -0.39 is 0 Å². The van der Waals surface area contributed by atoms with Gasteiger partial charge in [0.05, 0.1) is 21.3 Å². The average molecular weight is 1250 g/mol. The fourth-order valence-corrected chi connectivity index (χ4v) is 12.6. The second-order valence-electron chi connectivity index (χ2n) is 31.7. The van der Waals surface area contributed by atoms with Gasteiger partial charge < -0.3 is 28.4 Å². The predicted molar refractivity (Wildman–Crippen MR) is 380 cm³/mol. The van der Waals surface area contributed by atoms with Crippen molar-refractivity contribution in [1.29, 1.82) is 0 Å². The van der Waals surface area contributed by atoms with Gasteiger partial charge in [0.1, 0.15) is 34.5 Å². The van der Waals surface area contributed by atoms with Crippen LogP contribution in [0.2, 0.25) is 0 Å². The van der Waals surface area contributed by atoms with Crippen LogP contribution < -0.4 is 28.4 Å². The molecule has 9 heteroatoms. The number of aromatic nitrogens is 3. The number of rotatable bonds is 9. The summed E-state index contributed by atoms with van der Waals surface area (Å²) in [5.74, 6) is 6.21. The van der Waals surface area contributed by atoms with Crippen LogP contribution in [0.3, 0.4) is 0 Å². The van der Waals surface area contributed by atoms with Gasteiger partial charge in [-0.15, -0.1) is 0 Å². The fraction of sp³-hybridized carbons (Fsp3) is 0.393. The first-order valence-corrected chi connectivity index (χ1v) is 33.0. The lowest BCUT2D eigenvalue weighted by Gasteiger charge is -2.28. The SMILES string of the molecule is COc1c2cc(C(C)(C)C)cc1Cc1cc(C(C)(C)C)cc(c1Oc1ccccn1)Cc1cc(C(C)(C)C)cc(c1OC)Cc1cc(C(C)(C)C)cc(c1Oc1ccccn1)Cc1cc(C(C)(C)C)cc(c1OC)Cc1cc(C(C)(C)C)cc(c1Oc1ccccn1)C2. The zero-order chi connectivity index (χ0) is 67.2. The lowest BCUT2D eigenvalue weighted by atomic mass is 9.79. The largest absolute Gasteiger partial charge is 0.496 e. The van der Waals surface area contributed by atoms with Gasteiger partial charge in [0.25, 0.3) is 0 Å². The molecule has 0 spiro atoms. The Morgan fingerprint density at radius 1 is 0.237 bits per heavy atom. The lowest BCUT2D eigenvalue weighted by molar-refractivity contribution is 0.403. The first kappa shape index (κ1) is 67.5. The molecule has 0 aliphatic heterocycles. The number of hydrogen-bond donors (Lipinski definition) is 0. The van der Waals surface area contributed by atoms with Crippen LogP contribution in [-0.4, -0.2) is 36.3 Å². The Balaban J connectivity index is 1.37. The maximum atomic E-state index is 7.26. The van der Waals surface area contributed by atoms with Crippen molar-refractivity contribution in [3.05, 3.63) is 246 Å². The summed E-state index contributed by atoms with van der Waals surface area (Å²) in [6.07, 6.45) is 8.33. The van der Waals surface area contributed by atoms with Gasteiger partial charge in [-0.25, -0.2) is 15.0 Å². The molecule has 12 bridgehead atoms. The van der Waals surface area contributed by atoms with Crippen molar-refractivity contribution < 1.29 is 28.4 Å². The summed E-state index contributed by atoms with van der Waals surface area (Å²) in [5, 5.41) is 0. The van der Waals surface area contributed by atoms with Gasteiger partial charge in [-0.2, -0.15) is 0 Å². The van der Waals surface area contributed by atoms with Crippen LogP contribution in [0.1, 0.15) is 225 Å². The van der Waals surface area contributed by atoms with Crippen LogP contribution in [0.15, 0.2) is 146 Å². The molecule has 1 aliphatic carbocycles. The molecule has 0 fully saturated rings. The fourth-order valence-electron chi connectivity index (χ4n) is 12.6. The average Bonchev–Trinajstić information content (AvgIpc) is 2.39. The standard InChI is InChI=1S/C84H99N3O6/c1-79(2,3)64-40-52-34-58-46-67(82(10,11)12)48-60(76(58)91-70-28-22-25-31-85-70)36-54-42-65(80(4,5)6)44-56(74(54)89-20)38-62-50-69(84(16,17)18)51-63(78(62)93-72-30-24-27-33-87-72)39-57-45-66(81(7,8)9)43-55(75(57)90-21)37-61-49-68(83(13,14)15)47-59(35-53(41-64)73(52)88-19)77(61)92-71-29-23-26-32-86-71/h22-33,40-51H,34-39H2,1-21H3. The number of hydrogen-bond acceptors (Lipinski definition) is 9. The first-order chi connectivity index (χ1) is 43.7. The van der Waals surface area contributed by atoms with Crippen LogP contribution >= 0.6 is 0 Å². The maximum Gasteiger partial charge on any atom is 0.219 e. The van der Waals surface area contributed by atoms with E-state index in [4.69, 9.17) is 43.4 Å². The molecule has 0 saturated carbocycles. The third kappa shape index (κ3) is 15.5. The summed E-state index contributed by atoms with van der Waals surface area (Å²) >= 11 is 0. The van der Waals surface area contributed by atoms with Crippen molar-refractivity contribution in [1.82, 2.24) is 15.0 Å². The number of fused-ring (bicyclic) bond motifs is 12. The highest BCUT2D eigenvalue weighted by Gasteiger charge is 2.32. The highest BCUT2D eigenvalue weighted by molar-refractivity contribution is 5.62. The first-order valence-electron chi connectivity index (χ1n) is 33.0. The minimum atomic E-state index is -0.251. The second kappa shape index (κ2) is 26.2. The van der Waals surface area contributed by atoms with E-state index in [2.05, 4.69) is 197 Å². The molecule has 0 unspecified atom stereocenters. The minimum Gasteiger partial charge on any atom is -0.496 e. The molecule has 1 aliphatic rings. The van der Waals surface area contributed by atoms with E-state index >= 15 is 0 Å². The van der Waals surface area contributed by atoms with Gasteiger partial charge in [0, 0.05) is 75.3 Å². The van der Waals surface area contributed by atoms with Crippen LogP contribution in [-0.2, 0) is 71.0 Å². The van der Waals surface area contributed by atoms with Crippen LogP contribution in [0, 0.1) is 0 Å². The van der Waals surface area contributed by atoms with Gasteiger partial charge in [-0.3, -0.25) is 0 Å². The predicted octanol–water partition coefficient (Wildman–Crippen LogP) is 20.9. The molecule has 0 saturated heterocycles. The highest BCUT2D eigenvalue weighted by atomic mass is 16.5. The third-order valence-corrected chi connectivity index (χ3v) is 18.1. The van der Waals surface area contributed by atoms with E-state index in [1.165, 1.54) is 33.4 Å². The lowest BCUT2D eigenvalue weighted by Crippen LogP contribution is -2.17. The number of ether oxygens (including phenoxy) is 6. The molecule has 0 atom stereocenters. The molecule has 0 amide bonds. The van der Waals surface area contributed by atoms with Gasteiger partial charge in [0.15, 0.2) is 0 Å². The molecular formula is C84H99N3O6. The molecule has 9 aromatic rings. The Bertz CT molecular complexity index is 3590. The zero-order valence-corrected chi connectivity index (χ0v) is 59.4. The summed E-state index contributed by atoms with van der Waals surface area (Å²) in [7, 11) is 5.43. The molecule has 93 heavy (non-hydrogen) atoms. The van der Waals surface area contributed by atoms with E-state index in [1.54, 1.807) is 18.6 Å². The van der Waals surface area contributed by atoms with Crippen molar-refractivity contribution in [3.8, 4) is 52.1 Å². The quantitative estimate of drug-likeness (QED) is 0.140. The molecule has 3 heterocycles.